The first-order valence-electron chi connectivity index (χ1n) is 6.31. The van der Waals surface area contributed by atoms with Gasteiger partial charge in [-0.25, -0.2) is 0 Å². The van der Waals surface area contributed by atoms with Crippen molar-refractivity contribution in [3.8, 4) is 5.75 Å². The summed E-state index contributed by atoms with van der Waals surface area (Å²) in [5.41, 5.74) is 1.14. The van der Waals surface area contributed by atoms with Gasteiger partial charge in [-0.05, 0) is 31.0 Å². The number of nitrogens with zero attached hydrogens (tertiary/aromatic N) is 1. The van der Waals surface area contributed by atoms with Crippen LogP contribution >= 0.6 is 0 Å². The number of anilines is 1. The number of hydrogen-bond donors (Lipinski definition) is 2. The molecular formula is C14H20N2O3. The molecule has 0 saturated heterocycles. The first-order chi connectivity index (χ1) is 8.95. The molecule has 0 heterocycles. The van der Waals surface area contributed by atoms with E-state index in [-0.39, 0.29) is 11.4 Å². The van der Waals surface area contributed by atoms with Gasteiger partial charge in [0, 0.05) is 13.6 Å². The minimum atomic E-state index is -0.737. The predicted molar refractivity (Wildman–Crippen MR) is 74.0 cm³/mol. The molecule has 2 amide bonds. The van der Waals surface area contributed by atoms with Crippen LogP contribution in [0, 0.1) is 6.92 Å². The number of amides is 2. The molecule has 0 fully saturated rings. The molecule has 0 saturated carbocycles. The van der Waals surface area contributed by atoms with E-state index < -0.39 is 11.8 Å². The second-order valence-electron chi connectivity index (χ2n) is 4.55. The fourth-order valence-corrected chi connectivity index (χ4v) is 1.60. The number of phenols is 1. The topological polar surface area (TPSA) is 69.6 Å². The Balaban J connectivity index is 2.68. The molecule has 1 rings (SSSR count). The molecule has 5 heteroatoms. The quantitative estimate of drug-likeness (QED) is 0.644. The van der Waals surface area contributed by atoms with Crippen LogP contribution in [0.4, 0.5) is 5.69 Å². The highest BCUT2D eigenvalue weighted by atomic mass is 16.3. The molecule has 2 N–H and O–H groups in total. The van der Waals surface area contributed by atoms with Crippen molar-refractivity contribution in [1.29, 1.82) is 0 Å². The number of carbonyl (C=O) groups excluding carboxylic acids is 2. The molecule has 0 atom stereocenters. The second-order valence-corrected chi connectivity index (χ2v) is 4.55. The van der Waals surface area contributed by atoms with Gasteiger partial charge in [-0.3, -0.25) is 9.59 Å². The highest BCUT2D eigenvalue weighted by Gasteiger charge is 2.19. The summed E-state index contributed by atoms with van der Waals surface area (Å²) in [5.74, 6) is -1.39. The molecule has 0 spiro atoms. The number of nitrogens with one attached hydrogen (secondary N) is 1. The fraction of sp³-hybridized carbons (Fsp3) is 0.429. The zero-order chi connectivity index (χ0) is 14.4. The molecular weight excluding hydrogens is 244 g/mol. The molecule has 0 aliphatic carbocycles. The molecule has 0 aliphatic rings. The van der Waals surface area contributed by atoms with Crippen LogP contribution in [0.25, 0.3) is 0 Å². The maximum Gasteiger partial charge on any atom is 0.313 e. The van der Waals surface area contributed by atoms with Crippen molar-refractivity contribution in [3.63, 3.8) is 0 Å². The first-order valence-corrected chi connectivity index (χ1v) is 6.31. The standard InChI is InChI=1S/C14H20N2O3/c1-4-5-8-16(3)14(19)13(18)15-11-9-10(2)6-7-12(11)17/h6-7,9,17H,4-5,8H2,1-3H3,(H,15,18). The molecule has 1 aromatic carbocycles. The Morgan fingerprint density at radius 1 is 1.37 bits per heavy atom. The Labute approximate surface area is 113 Å². The Kier molecular flexibility index (Phi) is 5.36. The minimum absolute atomic E-state index is 0.0528. The number of hydrogen-bond acceptors (Lipinski definition) is 3. The van der Waals surface area contributed by atoms with Gasteiger partial charge in [-0.15, -0.1) is 0 Å². The van der Waals surface area contributed by atoms with Crippen LogP contribution in [0.3, 0.4) is 0 Å². The molecule has 19 heavy (non-hydrogen) atoms. The number of benzene rings is 1. The van der Waals surface area contributed by atoms with Crippen molar-refractivity contribution >= 4 is 17.5 Å². The maximum absolute atomic E-state index is 11.8. The van der Waals surface area contributed by atoms with E-state index in [1.807, 2.05) is 13.8 Å². The van der Waals surface area contributed by atoms with Gasteiger partial charge in [0.1, 0.15) is 5.75 Å². The zero-order valence-electron chi connectivity index (χ0n) is 11.6. The highest BCUT2D eigenvalue weighted by molar-refractivity contribution is 6.39. The monoisotopic (exact) mass is 264 g/mol. The van der Waals surface area contributed by atoms with E-state index >= 15 is 0 Å². The summed E-state index contributed by atoms with van der Waals surface area (Å²) in [7, 11) is 1.59. The van der Waals surface area contributed by atoms with Crippen LogP contribution in [0.2, 0.25) is 0 Å². The van der Waals surface area contributed by atoms with Gasteiger partial charge in [0.05, 0.1) is 5.69 Å². The SMILES string of the molecule is CCCCN(C)C(=O)C(=O)Nc1cc(C)ccc1O. The smallest absolute Gasteiger partial charge is 0.313 e. The lowest BCUT2D eigenvalue weighted by Crippen LogP contribution is -2.37. The predicted octanol–water partition coefficient (Wildman–Crippen LogP) is 1.90. The van der Waals surface area contributed by atoms with Gasteiger partial charge in [0.2, 0.25) is 0 Å². The second kappa shape index (κ2) is 6.78. The Hall–Kier alpha value is -2.04. The van der Waals surface area contributed by atoms with E-state index in [9.17, 15) is 14.7 Å². The minimum Gasteiger partial charge on any atom is -0.506 e. The summed E-state index contributed by atoms with van der Waals surface area (Å²) in [6, 6.07) is 4.82. The number of likely N-dealkylation sites (N-methyl/N-ethyl adjacent to an activating group) is 1. The van der Waals surface area contributed by atoms with Crippen LogP contribution in [0.1, 0.15) is 25.3 Å². The van der Waals surface area contributed by atoms with E-state index in [1.54, 1.807) is 19.2 Å². The lowest BCUT2D eigenvalue weighted by molar-refractivity contribution is -0.142. The molecule has 0 bridgehead atoms. The largest absolute Gasteiger partial charge is 0.506 e. The van der Waals surface area contributed by atoms with E-state index in [1.165, 1.54) is 11.0 Å². The van der Waals surface area contributed by atoms with Crippen molar-refractivity contribution in [2.75, 3.05) is 18.9 Å². The van der Waals surface area contributed by atoms with Crippen molar-refractivity contribution in [1.82, 2.24) is 4.90 Å². The number of aryl methyl sites for hydroxylation is 1. The van der Waals surface area contributed by atoms with Gasteiger partial charge in [0.25, 0.3) is 0 Å². The van der Waals surface area contributed by atoms with Gasteiger partial charge in [0.15, 0.2) is 0 Å². The molecule has 0 aliphatic heterocycles. The molecule has 1 aromatic rings. The van der Waals surface area contributed by atoms with Gasteiger partial charge in [-0.1, -0.05) is 19.4 Å². The molecule has 5 nitrogen and oxygen atoms in total. The van der Waals surface area contributed by atoms with Crippen molar-refractivity contribution < 1.29 is 14.7 Å². The summed E-state index contributed by atoms with van der Waals surface area (Å²) in [4.78, 5) is 24.9. The van der Waals surface area contributed by atoms with Crippen molar-refractivity contribution in [2.24, 2.45) is 0 Å². The summed E-state index contributed by atoms with van der Waals surface area (Å²) < 4.78 is 0. The summed E-state index contributed by atoms with van der Waals surface area (Å²) in [6.07, 6.45) is 1.81. The number of carbonyl (C=O) groups is 2. The van der Waals surface area contributed by atoms with Gasteiger partial charge < -0.3 is 15.3 Å². The number of unbranched alkanes of at least 4 members (excludes halogenated alkanes) is 1. The van der Waals surface area contributed by atoms with Gasteiger partial charge in [-0.2, -0.15) is 0 Å². The number of aromatic hydroxyl groups is 1. The summed E-state index contributed by atoms with van der Waals surface area (Å²) in [6.45, 7) is 4.40. The third kappa shape index (κ3) is 4.28. The van der Waals surface area contributed by atoms with Gasteiger partial charge >= 0.3 is 11.8 Å². The normalized spacial score (nSPS) is 10.1. The van der Waals surface area contributed by atoms with E-state index in [0.29, 0.717) is 6.54 Å². The Morgan fingerprint density at radius 3 is 2.68 bits per heavy atom. The van der Waals surface area contributed by atoms with E-state index in [4.69, 9.17) is 0 Å². The lowest BCUT2D eigenvalue weighted by atomic mass is 10.2. The Bertz CT molecular complexity index is 472. The molecule has 0 unspecified atom stereocenters. The average molecular weight is 264 g/mol. The van der Waals surface area contributed by atoms with Crippen molar-refractivity contribution in [3.05, 3.63) is 23.8 Å². The van der Waals surface area contributed by atoms with Crippen LogP contribution in [0.5, 0.6) is 5.75 Å². The van der Waals surface area contributed by atoms with Crippen LogP contribution in [-0.2, 0) is 9.59 Å². The van der Waals surface area contributed by atoms with E-state index in [2.05, 4.69) is 5.32 Å². The lowest BCUT2D eigenvalue weighted by Gasteiger charge is -2.16. The van der Waals surface area contributed by atoms with Crippen LogP contribution in [0.15, 0.2) is 18.2 Å². The average Bonchev–Trinajstić information content (AvgIpc) is 2.39. The molecule has 0 aromatic heterocycles. The van der Waals surface area contributed by atoms with Crippen LogP contribution < -0.4 is 5.32 Å². The van der Waals surface area contributed by atoms with Crippen molar-refractivity contribution in [2.45, 2.75) is 26.7 Å². The Morgan fingerprint density at radius 2 is 2.05 bits per heavy atom. The number of rotatable bonds is 4. The maximum atomic E-state index is 11.8. The highest BCUT2D eigenvalue weighted by Crippen LogP contribution is 2.23. The third-order valence-corrected chi connectivity index (χ3v) is 2.79. The number of phenolic OH excluding ortho intramolecular Hbond substituents is 1. The molecule has 104 valence electrons. The van der Waals surface area contributed by atoms with E-state index in [0.717, 1.165) is 18.4 Å². The first kappa shape index (κ1) is 15.0. The molecule has 0 radical (unpaired) electrons. The third-order valence-electron chi connectivity index (χ3n) is 2.79. The summed E-state index contributed by atoms with van der Waals surface area (Å²) >= 11 is 0. The zero-order valence-corrected chi connectivity index (χ0v) is 11.6. The van der Waals surface area contributed by atoms with Crippen LogP contribution in [-0.4, -0.2) is 35.4 Å². The fourth-order valence-electron chi connectivity index (χ4n) is 1.60. The summed E-state index contributed by atoms with van der Waals surface area (Å²) in [5, 5.41) is 12.0.